The summed E-state index contributed by atoms with van der Waals surface area (Å²) in [4.78, 5) is 26.7. The molecule has 26 heavy (non-hydrogen) atoms. The molecule has 2 unspecified atom stereocenters. The van der Waals surface area contributed by atoms with Crippen molar-refractivity contribution in [1.29, 1.82) is 0 Å². The first-order chi connectivity index (χ1) is 12.6. The number of nitrogens with zero attached hydrogens (tertiary/aromatic N) is 1. The molecule has 2 aromatic carbocycles. The van der Waals surface area contributed by atoms with Gasteiger partial charge in [-0.05, 0) is 30.7 Å². The van der Waals surface area contributed by atoms with Gasteiger partial charge in [-0.15, -0.1) is 0 Å². The van der Waals surface area contributed by atoms with Gasteiger partial charge in [0.05, 0.1) is 24.5 Å². The van der Waals surface area contributed by atoms with Gasteiger partial charge in [-0.25, -0.2) is 4.79 Å². The number of rotatable bonds is 3. The number of methoxy groups -OCH3 is 1. The van der Waals surface area contributed by atoms with Gasteiger partial charge < -0.3 is 25.6 Å². The Kier molecular flexibility index (Phi) is 4.12. The van der Waals surface area contributed by atoms with Crippen molar-refractivity contribution < 1.29 is 14.3 Å². The van der Waals surface area contributed by atoms with Crippen LogP contribution in [0, 0.1) is 0 Å². The van der Waals surface area contributed by atoms with Gasteiger partial charge >= 0.3 is 6.03 Å². The Balaban J connectivity index is 1.43. The van der Waals surface area contributed by atoms with Crippen molar-refractivity contribution >= 4 is 29.0 Å². The summed E-state index contributed by atoms with van der Waals surface area (Å²) < 4.78 is 5.16. The van der Waals surface area contributed by atoms with Crippen LogP contribution in [0.15, 0.2) is 48.5 Å². The molecule has 4 rings (SSSR count). The highest BCUT2D eigenvalue weighted by atomic mass is 16.5. The van der Waals surface area contributed by atoms with E-state index in [-0.39, 0.29) is 24.0 Å². The number of carbonyl (C=O) groups excluding carboxylic acids is 2. The molecule has 1 saturated heterocycles. The Hall–Kier alpha value is -3.22. The zero-order valence-electron chi connectivity index (χ0n) is 14.4. The summed E-state index contributed by atoms with van der Waals surface area (Å²) in [7, 11) is 1.58. The van der Waals surface area contributed by atoms with Crippen molar-refractivity contribution in [2.24, 2.45) is 0 Å². The monoisotopic (exact) mass is 352 g/mol. The number of ether oxygens (including phenoxy) is 1. The van der Waals surface area contributed by atoms with Crippen LogP contribution in [-0.4, -0.2) is 37.7 Å². The molecule has 134 valence electrons. The van der Waals surface area contributed by atoms with Gasteiger partial charge in [-0.1, -0.05) is 18.2 Å². The molecule has 7 nitrogen and oxygen atoms in total. The van der Waals surface area contributed by atoms with Gasteiger partial charge in [-0.3, -0.25) is 4.79 Å². The summed E-state index contributed by atoms with van der Waals surface area (Å²) in [5.74, 6) is 0.648. The molecule has 2 atom stereocenters. The minimum Gasteiger partial charge on any atom is -0.497 e. The van der Waals surface area contributed by atoms with Crippen LogP contribution in [0.2, 0.25) is 0 Å². The SMILES string of the molecule is COc1cccc(NC(=O)NC2CC3C(=O)Nc4ccccc4N3C2)c1. The normalized spacial score (nSPS) is 20.7. The first kappa shape index (κ1) is 16.3. The highest BCUT2D eigenvalue weighted by Crippen LogP contribution is 2.36. The van der Waals surface area contributed by atoms with Gasteiger partial charge in [0.1, 0.15) is 11.8 Å². The zero-order valence-corrected chi connectivity index (χ0v) is 14.4. The van der Waals surface area contributed by atoms with Crippen LogP contribution in [0.1, 0.15) is 6.42 Å². The second-order valence-corrected chi connectivity index (χ2v) is 6.44. The molecule has 0 bridgehead atoms. The highest BCUT2D eigenvalue weighted by molar-refractivity contribution is 6.04. The average molecular weight is 352 g/mol. The Morgan fingerprint density at radius 1 is 1.23 bits per heavy atom. The Labute approximate surface area is 151 Å². The summed E-state index contributed by atoms with van der Waals surface area (Å²) in [6.45, 7) is 0.598. The molecule has 2 aliphatic heterocycles. The number of urea groups is 1. The molecule has 0 aromatic heterocycles. The lowest BCUT2D eigenvalue weighted by Gasteiger charge is -2.32. The number of amides is 3. The van der Waals surface area contributed by atoms with Gasteiger partial charge in [0.25, 0.3) is 0 Å². The van der Waals surface area contributed by atoms with Gasteiger partial charge in [0.15, 0.2) is 0 Å². The molecule has 3 N–H and O–H groups in total. The maximum absolute atomic E-state index is 12.3. The molecule has 7 heteroatoms. The molecular formula is C19H20N4O3. The second kappa shape index (κ2) is 6.59. The van der Waals surface area contributed by atoms with Crippen LogP contribution >= 0.6 is 0 Å². The quantitative estimate of drug-likeness (QED) is 0.792. The fourth-order valence-electron chi connectivity index (χ4n) is 3.55. The van der Waals surface area contributed by atoms with Crippen molar-refractivity contribution in [2.45, 2.75) is 18.5 Å². The first-order valence-corrected chi connectivity index (χ1v) is 8.52. The summed E-state index contributed by atoms with van der Waals surface area (Å²) in [5, 5.41) is 8.70. The van der Waals surface area contributed by atoms with E-state index in [4.69, 9.17) is 4.74 Å². The zero-order chi connectivity index (χ0) is 18.1. The van der Waals surface area contributed by atoms with Crippen molar-refractivity contribution in [1.82, 2.24) is 5.32 Å². The van der Waals surface area contributed by atoms with E-state index in [0.29, 0.717) is 24.4 Å². The number of fused-ring (bicyclic) bond motifs is 3. The van der Waals surface area contributed by atoms with Gasteiger partial charge in [0, 0.05) is 18.3 Å². The predicted molar refractivity (Wildman–Crippen MR) is 99.8 cm³/mol. The van der Waals surface area contributed by atoms with Crippen LogP contribution in [-0.2, 0) is 4.79 Å². The lowest BCUT2D eigenvalue weighted by Crippen LogP contribution is -2.44. The Bertz CT molecular complexity index is 854. The third-order valence-electron chi connectivity index (χ3n) is 4.74. The topological polar surface area (TPSA) is 82.7 Å². The number of carbonyl (C=O) groups is 2. The molecule has 0 aliphatic carbocycles. The number of nitrogens with one attached hydrogen (secondary N) is 3. The van der Waals surface area contributed by atoms with Crippen LogP contribution < -0.4 is 25.6 Å². The van der Waals surface area contributed by atoms with E-state index < -0.39 is 0 Å². The minimum atomic E-state index is -0.295. The third-order valence-corrected chi connectivity index (χ3v) is 4.74. The number of benzene rings is 2. The molecule has 0 spiro atoms. The number of hydrogen-bond acceptors (Lipinski definition) is 4. The van der Waals surface area contributed by atoms with E-state index in [9.17, 15) is 9.59 Å². The van der Waals surface area contributed by atoms with E-state index >= 15 is 0 Å². The van der Waals surface area contributed by atoms with E-state index in [1.807, 2.05) is 36.4 Å². The fourth-order valence-corrected chi connectivity index (χ4v) is 3.55. The van der Waals surface area contributed by atoms with Crippen LogP contribution in [0.5, 0.6) is 5.75 Å². The van der Waals surface area contributed by atoms with E-state index in [0.717, 1.165) is 11.4 Å². The van der Waals surface area contributed by atoms with Gasteiger partial charge in [0.2, 0.25) is 5.91 Å². The summed E-state index contributed by atoms with van der Waals surface area (Å²) in [6.07, 6.45) is 0.575. The molecule has 0 radical (unpaired) electrons. The molecule has 2 aliphatic rings. The minimum absolute atomic E-state index is 0.0267. The van der Waals surface area contributed by atoms with Crippen LogP contribution in [0.3, 0.4) is 0 Å². The number of hydrogen-bond donors (Lipinski definition) is 3. The maximum atomic E-state index is 12.3. The third kappa shape index (κ3) is 3.03. The first-order valence-electron chi connectivity index (χ1n) is 8.52. The summed E-state index contributed by atoms with van der Waals surface area (Å²) in [5.41, 5.74) is 2.46. The molecular weight excluding hydrogens is 332 g/mol. The molecule has 2 heterocycles. The molecule has 0 saturated carbocycles. The standard InChI is InChI=1S/C19H20N4O3/c1-26-14-6-4-5-12(9-14)20-19(25)21-13-10-17-18(24)22-15-7-2-3-8-16(15)23(17)11-13/h2-9,13,17H,10-11H2,1H3,(H,22,24)(H2,20,21,25). The molecule has 2 aromatic rings. The summed E-state index contributed by atoms with van der Waals surface area (Å²) >= 11 is 0. The fraction of sp³-hybridized carbons (Fsp3) is 0.263. The lowest BCUT2D eigenvalue weighted by molar-refractivity contribution is -0.117. The van der Waals surface area contributed by atoms with Crippen molar-refractivity contribution in [3.8, 4) is 5.75 Å². The number of anilines is 3. The second-order valence-electron chi connectivity index (χ2n) is 6.44. The number of para-hydroxylation sites is 2. The largest absolute Gasteiger partial charge is 0.497 e. The lowest BCUT2D eigenvalue weighted by atomic mass is 10.1. The van der Waals surface area contributed by atoms with Crippen molar-refractivity contribution in [2.75, 3.05) is 29.2 Å². The van der Waals surface area contributed by atoms with E-state index in [1.54, 1.807) is 19.2 Å². The average Bonchev–Trinajstić information content (AvgIpc) is 3.06. The van der Waals surface area contributed by atoms with Crippen LogP contribution in [0.25, 0.3) is 0 Å². The van der Waals surface area contributed by atoms with Crippen molar-refractivity contribution in [3.05, 3.63) is 48.5 Å². The van der Waals surface area contributed by atoms with Gasteiger partial charge in [-0.2, -0.15) is 0 Å². The van der Waals surface area contributed by atoms with E-state index in [1.165, 1.54) is 0 Å². The molecule has 3 amide bonds. The summed E-state index contributed by atoms with van der Waals surface area (Å²) in [6, 6.07) is 14.2. The highest BCUT2D eigenvalue weighted by Gasteiger charge is 2.41. The Morgan fingerprint density at radius 3 is 2.92 bits per heavy atom. The van der Waals surface area contributed by atoms with Crippen LogP contribution in [0.4, 0.5) is 21.9 Å². The predicted octanol–water partition coefficient (Wildman–Crippen LogP) is 2.42. The van der Waals surface area contributed by atoms with Crippen molar-refractivity contribution in [3.63, 3.8) is 0 Å². The van der Waals surface area contributed by atoms with E-state index in [2.05, 4.69) is 20.9 Å². The maximum Gasteiger partial charge on any atom is 0.319 e. The molecule has 1 fully saturated rings. The Morgan fingerprint density at radius 2 is 2.08 bits per heavy atom. The smallest absolute Gasteiger partial charge is 0.319 e.